The Morgan fingerprint density at radius 3 is 2.44 bits per heavy atom. The maximum atomic E-state index is 8.58. The van der Waals surface area contributed by atoms with Gasteiger partial charge in [0.05, 0.1) is 13.2 Å². The third-order valence-electron chi connectivity index (χ3n) is 2.62. The van der Waals surface area contributed by atoms with Gasteiger partial charge in [-0.25, -0.2) is 0 Å². The van der Waals surface area contributed by atoms with Crippen molar-refractivity contribution in [1.82, 2.24) is 5.32 Å². The zero-order valence-corrected chi connectivity index (χ0v) is 12.3. The van der Waals surface area contributed by atoms with Gasteiger partial charge in [0.2, 0.25) is 0 Å². The summed E-state index contributed by atoms with van der Waals surface area (Å²) >= 11 is 3.40. The molecule has 0 fully saturated rings. The van der Waals surface area contributed by atoms with Crippen LogP contribution in [0.5, 0.6) is 5.75 Å². The standard InChI is InChI=1S/C14H22BrNO2/c15-13-5-7-14(8-6-13)18-12-4-2-1-3-9-16-10-11-17/h5-8,16-17H,1-4,9-12H2. The number of benzene rings is 1. The van der Waals surface area contributed by atoms with Crippen LogP contribution >= 0.6 is 15.9 Å². The fraction of sp³-hybridized carbons (Fsp3) is 0.571. The molecule has 0 radical (unpaired) electrons. The van der Waals surface area contributed by atoms with E-state index < -0.39 is 0 Å². The van der Waals surface area contributed by atoms with Gasteiger partial charge in [-0.15, -0.1) is 0 Å². The highest BCUT2D eigenvalue weighted by Gasteiger charge is 1.94. The summed E-state index contributed by atoms with van der Waals surface area (Å²) in [5, 5.41) is 11.8. The van der Waals surface area contributed by atoms with Crippen LogP contribution in [-0.2, 0) is 0 Å². The molecule has 18 heavy (non-hydrogen) atoms. The lowest BCUT2D eigenvalue weighted by Crippen LogP contribution is -2.19. The third-order valence-corrected chi connectivity index (χ3v) is 3.15. The van der Waals surface area contributed by atoms with E-state index in [0.717, 1.165) is 36.2 Å². The summed E-state index contributed by atoms with van der Waals surface area (Å²) in [6.45, 7) is 2.70. The van der Waals surface area contributed by atoms with E-state index in [1.165, 1.54) is 12.8 Å². The van der Waals surface area contributed by atoms with E-state index in [-0.39, 0.29) is 6.61 Å². The largest absolute Gasteiger partial charge is 0.494 e. The molecule has 1 aromatic carbocycles. The fourth-order valence-corrected chi connectivity index (χ4v) is 1.89. The summed E-state index contributed by atoms with van der Waals surface area (Å²) < 4.78 is 6.71. The first-order chi connectivity index (χ1) is 8.83. The minimum atomic E-state index is 0.223. The molecule has 0 aliphatic heterocycles. The summed E-state index contributed by atoms with van der Waals surface area (Å²) in [4.78, 5) is 0. The lowest BCUT2D eigenvalue weighted by atomic mass is 10.2. The Labute approximate surface area is 118 Å². The number of rotatable bonds is 10. The normalized spacial score (nSPS) is 10.6. The zero-order valence-electron chi connectivity index (χ0n) is 10.7. The van der Waals surface area contributed by atoms with E-state index in [1.54, 1.807) is 0 Å². The van der Waals surface area contributed by atoms with E-state index in [0.29, 0.717) is 6.54 Å². The maximum absolute atomic E-state index is 8.58. The molecule has 0 bridgehead atoms. The SMILES string of the molecule is OCCNCCCCCCOc1ccc(Br)cc1. The third kappa shape index (κ3) is 7.69. The van der Waals surface area contributed by atoms with Gasteiger partial charge in [0.15, 0.2) is 0 Å². The van der Waals surface area contributed by atoms with Crippen LogP contribution in [0.4, 0.5) is 0 Å². The molecule has 4 heteroatoms. The minimum Gasteiger partial charge on any atom is -0.494 e. The zero-order chi connectivity index (χ0) is 13.1. The molecule has 0 amide bonds. The number of aliphatic hydroxyl groups excluding tert-OH is 1. The molecule has 0 saturated heterocycles. The van der Waals surface area contributed by atoms with Crippen molar-refractivity contribution < 1.29 is 9.84 Å². The molecule has 1 rings (SSSR count). The Bertz CT molecular complexity index is 303. The van der Waals surface area contributed by atoms with Gasteiger partial charge in [0, 0.05) is 11.0 Å². The summed E-state index contributed by atoms with van der Waals surface area (Å²) in [5.74, 6) is 0.933. The summed E-state index contributed by atoms with van der Waals surface area (Å²) in [6.07, 6.45) is 4.66. The maximum Gasteiger partial charge on any atom is 0.119 e. The number of nitrogens with one attached hydrogen (secondary N) is 1. The molecule has 0 aromatic heterocycles. The highest BCUT2D eigenvalue weighted by molar-refractivity contribution is 9.10. The van der Waals surface area contributed by atoms with Crippen LogP contribution in [0.1, 0.15) is 25.7 Å². The minimum absolute atomic E-state index is 0.223. The molecule has 0 aliphatic carbocycles. The monoisotopic (exact) mass is 315 g/mol. The van der Waals surface area contributed by atoms with Crippen LogP contribution in [0, 0.1) is 0 Å². The second kappa shape index (κ2) is 10.4. The number of halogens is 1. The van der Waals surface area contributed by atoms with Gasteiger partial charge in [-0.2, -0.15) is 0 Å². The van der Waals surface area contributed by atoms with Gasteiger partial charge in [-0.3, -0.25) is 0 Å². The summed E-state index contributed by atoms with van der Waals surface area (Å²) in [5.41, 5.74) is 0. The molecule has 3 nitrogen and oxygen atoms in total. The van der Waals surface area contributed by atoms with E-state index >= 15 is 0 Å². The number of unbranched alkanes of at least 4 members (excludes halogenated alkanes) is 3. The first-order valence-electron chi connectivity index (χ1n) is 6.53. The molecule has 1 aromatic rings. The number of ether oxygens (including phenoxy) is 1. The summed E-state index contributed by atoms with van der Waals surface area (Å²) in [7, 11) is 0. The van der Waals surface area contributed by atoms with Crippen molar-refractivity contribution in [2.24, 2.45) is 0 Å². The van der Waals surface area contributed by atoms with Gasteiger partial charge >= 0.3 is 0 Å². The number of hydrogen-bond acceptors (Lipinski definition) is 3. The van der Waals surface area contributed by atoms with E-state index in [4.69, 9.17) is 9.84 Å². The van der Waals surface area contributed by atoms with Gasteiger partial charge < -0.3 is 15.2 Å². The molecule has 0 atom stereocenters. The summed E-state index contributed by atoms with van der Waals surface area (Å²) in [6, 6.07) is 7.93. The molecule has 0 saturated carbocycles. The van der Waals surface area contributed by atoms with Gasteiger partial charge in [-0.05, 0) is 43.7 Å². The van der Waals surface area contributed by atoms with E-state index in [2.05, 4.69) is 21.2 Å². The second-order valence-corrected chi connectivity index (χ2v) is 5.11. The average molecular weight is 316 g/mol. The highest BCUT2D eigenvalue weighted by atomic mass is 79.9. The number of aliphatic hydroxyl groups is 1. The van der Waals surface area contributed by atoms with Crippen molar-refractivity contribution in [3.8, 4) is 5.75 Å². The molecule has 2 N–H and O–H groups in total. The lowest BCUT2D eigenvalue weighted by Gasteiger charge is -2.06. The van der Waals surface area contributed by atoms with Crippen molar-refractivity contribution in [3.63, 3.8) is 0 Å². The Morgan fingerprint density at radius 2 is 1.72 bits per heavy atom. The van der Waals surface area contributed by atoms with Crippen LogP contribution in [0.25, 0.3) is 0 Å². The molecular formula is C14H22BrNO2. The van der Waals surface area contributed by atoms with Crippen LogP contribution in [0.2, 0.25) is 0 Å². The van der Waals surface area contributed by atoms with Crippen molar-refractivity contribution in [2.45, 2.75) is 25.7 Å². The molecule has 0 spiro atoms. The Kier molecular flexibility index (Phi) is 8.90. The molecular weight excluding hydrogens is 294 g/mol. The first-order valence-corrected chi connectivity index (χ1v) is 7.32. The van der Waals surface area contributed by atoms with Gasteiger partial charge in [0.1, 0.15) is 5.75 Å². The van der Waals surface area contributed by atoms with E-state index in [9.17, 15) is 0 Å². The van der Waals surface area contributed by atoms with Crippen molar-refractivity contribution >= 4 is 15.9 Å². The highest BCUT2D eigenvalue weighted by Crippen LogP contribution is 2.16. The van der Waals surface area contributed by atoms with Crippen LogP contribution in [0.3, 0.4) is 0 Å². The number of hydrogen-bond donors (Lipinski definition) is 2. The lowest BCUT2D eigenvalue weighted by molar-refractivity contribution is 0.290. The van der Waals surface area contributed by atoms with Crippen LogP contribution < -0.4 is 10.1 Å². The first kappa shape index (κ1) is 15.5. The molecule has 0 unspecified atom stereocenters. The van der Waals surface area contributed by atoms with Crippen molar-refractivity contribution in [2.75, 3.05) is 26.3 Å². The van der Waals surface area contributed by atoms with Gasteiger partial charge in [-0.1, -0.05) is 28.8 Å². The Hall–Kier alpha value is -0.580. The Morgan fingerprint density at radius 1 is 1.00 bits per heavy atom. The Balaban J connectivity index is 1.91. The van der Waals surface area contributed by atoms with Crippen LogP contribution in [0.15, 0.2) is 28.7 Å². The second-order valence-electron chi connectivity index (χ2n) is 4.19. The molecule has 0 aliphatic rings. The van der Waals surface area contributed by atoms with Gasteiger partial charge in [0.25, 0.3) is 0 Å². The molecule has 0 heterocycles. The topological polar surface area (TPSA) is 41.5 Å². The average Bonchev–Trinajstić information content (AvgIpc) is 2.39. The molecule has 102 valence electrons. The smallest absolute Gasteiger partial charge is 0.119 e. The fourth-order valence-electron chi connectivity index (χ4n) is 1.63. The van der Waals surface area contributed by atoms with Crippen molar-refractivity contribution in [3.05, 3.63) is 28.7 Å². The van der Waals surface area contributed by atoms with E-state index in [1.807, 2.05) is 24.3 Å². The van der Waals surface area contributed by atoms with Crippen molar-refractivity contribution in [1.29, 1.82) is 0 Å². The predicted molar refractivity (Wildman–Crippen MR) is 78.1 cm³/mol. The quantitative estimate of drug-likeness (QED) is 0.652. The van der Waals surface area contributed by atoms with Crippen LogP contribution in [-0.4, -0.2) is 31.4 Å². The predicted octanol–water partition coefficient (Wildman–Crippen LogP) is 2.97.